The first-order valence-electron chi connectivity index (χ1n) is 10.7. The lowest BCUT2D eigenvalue weighted by atomic mass is 10.1. The van der Waals surface area contributed by atoms with E-state index in [0.717, 1.165) is 49.7 Å². The number of piperidine rings is 1. The van der Waals surface area contributed by atoms with Crippen molar-refractivity contribution in [2.24, 2.45) is 12.0 Å². The molecule has 1 aromatic carbocycles. The maximum Gasteiger partial charge on any atom is 0.191 e. The molecule has 0 bridgehead atoms. The van der Waals surface area contributed by atoms with Gasteiger partial charge in [0.05, 0.1) is 30.3 Å². The van der Waals surface area contributed by atoms with E-state index in [1.165, 1.54) is 5.69 Å². The summed E-state index contributed by atoms with van der Waals surface area (Å²) in [5, 5.41) is 16.4. The molecule has 9 heteroatoms. The van der Waals surface area contributed by atoms with Crippen molar-refractivity contribution < 1.29 is 0 Å². The van der Waals surface area contributed by atoms with Gasteiger partial charge < -0.3 is 15.5 Å². The van der Waals surface area contributed by atoms with Gasteiger partial charge in [0.15, 0.2) is 5.96 Å². The van der Waals surface area contributed by atoms with Gasteiger partial charge in [0.25, 0.3) is 0 Å². The predicted octanol–water partition coefficient (Wildman–Crippen LogP) is 2.98. The van der Waals surface area contributed by atoms with Crippen LogP contribution in [0.3, 0.4) is 0 Å². The third-order valence-electron chi connectivity index (χ3n) is 5.31. The number of aromatic nitrogens is 4. The van der Waals surface area contributed by atoms with Crippen LogP contribution in [0.1, 0.15) is 25.3 Å². The van der Waals surface area contributed by atoms with Crippen LogP contribution in [0.25, 0.3) is 5.69 Å². The zero-order valence-corrected chi connectivity index (χ0v) is 18.8. The number of aryl methyl sites for hydroxylation is 1. The largest absolute Gasteiger partial charge is 0.367 e. The number of rotatable bonds is 6. The van der Waals surface area contributed by atoms with Gasteiger partial charge in [-0.25, -0.2) is 9.67 Å². The fourth-order valence-electron chi connectivity index (χ4n) is 3.76. The zero-order valence-electron chi connectivity index (χ0n) is 18.0. The van der Waals surface area contributed by atoms with Crippen LogP contribution in [-0.4, -0.2) is 51.2 Å². The van der Waals surface area contributed by atoms with E-state index in [9.17, 15) is 0 Å². The summed E-state index contributed by atoms with van der Waals surface area (Å²) in [6, 6.07) is 7.96. The molecule has 31 heavy (non-hydrogen) atoms. The molecule has 1 fully saturated rings. The van der Waals surface area contributed by atoms with Crippen molar-refractivity contribution >= 4 is 23.2 Å². The van der Waals surface area contributed by atoms with Crippen LogP contribution in [0.5, 0.6) is 0 Å². The molecule has 1 aliphatic heterocycles. The lowest BCUT2D eigenvalue weighted by Gasteiger charge is -2.34. The topological polar surface area (TPSA) is 75.3 Å². The second kappa shape index (κ2) is 9.87. The number of anilines is 1. The summed E-state index contributed by atoms with van der Waals surface area (Å²) in [4.78, 5) is 7.17. The van der Waals surface area contributed by atoms with Gasteiger partial charge in [-0.1, -0.05) is 11.6 Å². The lowest BCUT2D eigenvalue weighted by molar-refractivity contribution is 0.468. The van der Waals surface area contributed by atoms with E-state index >= 15 is 0 Å². The van der Waals surface area contributed by atoms with Crippen LogP contribution in [0.2, 0.25) is 5.02 Å². The van der Waals surface area contributed by atoms with Crippen molar-refractivity contribution in [3.05, 3.63) is 59.6 Å². The number of guanidine groups is 1. The Balaban J connectivity index is 1.38. The maximum atomic E-state index is 5.97. The molecule has 0 amide bonds. The van der Waals surface area contributed by atoms with E-state index in [1.54, 1.807) is 0 Å². The van der Waals surface area contributed by atoms with Crippen LogP contribution in [-0.2, 0) is 13.6 Å². The lowest BCUT2D eigenvalue weighted by Crippen LogP contribution is -2.51. The summed E-state index contributed by atoms with van der Waals surface area (Å²) >= 11 is 5.97. The smallest absolute Gasteiger partial charge is 0.191 e. The first kappa shape index (κ1) is 21.2. The highest BCUT2D eigenvalue weighted by molar-refractivity contribution is 6.30. The Morgan fingerprint density at radius 3 is 2.74 bits per heavy atom. The Morgan fingerprint density at radius 2 is 2.00 bits per heavy atom. The molecule has 8 nitrogen and oxygen atoms in total. The minimum Gasteiger partial charge on any atom is -0.367 e. The minimum absolute atomic E-state index is 0.337. The molecule has 1 aliphatic rings. The summed E-state index contributed by atoms with van der Waals surface area (Å²) in [5.41, 5.74) is 3.20. The van der Waals surface area contributed by atoms with Gasteiger partial charge in [0, 0.05) is 55.7 Å². The average Bonchev–Trinajstić information content (AvgIpc) is 3.42. The van der Waals surface area contributed by atoms with Crippen molar-refractivity contribution in [2.75, 3.05) is 24.5 Å². The average molecular weight is 441 g/mol. The van der Waals surface area contributed by atoms with Crippen LogP contribution in [0.15, 0.2) is 54.0 Å². The Labute approximate surface area is 187 Å². The van der Waals surface area contributed by atoms with E-state index in [-0.39, 0.29) is 0 Å². The second-order valence-corrected chi connectivity index (χ2v) is 8.20. The quantitative estimate of drug-likeness (QED) is 0.455. The van der Waals surface area contributed by atoms with E-state index in [0.29, 0.717) is 17.6 Å². The first-order valence-corrected chi connectivity index (χ1v) is 11.1. The maximum absolute atomic E-state index is 5.97. The summed E-state index contributed by atoms with van der Waals surface area (Å²) in [6.07, 6.45) is 10.1. The molecule has 1 saturated heterocycles. The predicted molar refractivity (Wildman–Crippen MR) is 125 cm³/mol. The molecular formula is C22H29ClN8. The van der Waals surface area contributed by atoms with Gasteiger partial charge in [-0.3, -0.25) is 4.68 Å². The number of halogens is 1. The Kier molecular flexibility index (Phi) is 6.76. The Hall–Kier alpha value is -3.00. The van der Waals surface area contributed by atoms with E-state index < -0.39 is 0 Å². The van der Waals surface area contributed by atoms with Crippen molar-refractivity contribution in [3.8, 4) is 5.69 Å². The highest BCUT2D eigenvalue weighted by atomic mass is 35.5. The van der Waals surface area contributed by atoms with Crippen molar-refractivity contribution in [1.82, 2.24) is 30.2 Å². The highest BCUT2D eigenvalue weighted by Gasteiger charge is 2.21. The molecule has 1 atom stereocenters. The summed E-state index contributed by atoms with van der Waals surface area (Å²) < 4.78 is 3.69. The fraction of sp³-hybridized carbons (Fsp3) is 0.409. The molecule has 2 N–H and O–H groups in total. The minimum atomic E-state index is 0.337. The number of hydrogen-bond donors (Lipinski definition) is 2. The normalized spacial score (nSPS) is 17.1. The molecular weight excluding hydrogens is 412 g/mol. The molecule has 3 heterocycles. The van der Waals surface area contributed by atoms with Crippen molar-refractivity contribution in [1.29, 1.82) is 0 Å². The first-order chi connectivity index (χ1) is 15.1. The Morgan fingerprint density at radius 1 is 1.16 bits per heavy atom. The number of aliphatic imine (C=N–C) groups is 1. The standard InChI is InChI=1S/C22H29ClN8/c1-3-24-22(28-19-5-4-10-30(15-19)21-13-26-29(2)16-21)25-11-17-12-27-31(14-17)20-8-6-18(23)7-9-20/h6-9,12-14,16,19H,3-5,10-11,15H2,1-2H3,(H2,24,25,28). The third kappa shape index (κ3) is 5.58. The van der Waals surface area contributed by atoms with Crippen LogP contribution in [0.4, 0.5) is 5.69 Å². The molecule has 0 saturated carbocycles. The van der Waals surface area contributed by atoms with Gasteiger partial charge in [0.1, 0.15) is 0 Å². The molecule has 2 aromatic heterocycles. The van der Waals surface area contributed by atoms with Crippen LogP contribution < -0.4 is 15.5 Å². The molecule has 3 aromatic rings. The second-order valence-electron chi connectivity index (χ2n) is 7.77. The summed E-state index contributed by atoms with van der Waals surface area (Å²) in [7, 11) is 1.95. The van der Waals surface area contributed by atoms with E-state index in [4.69, 9.17) is 16.6 Å². The van der Waals surface area contributed by atoms with E-state index in [1.807, 2.05) is 59.3 Å². The number of benzene rings is 1. The van der Waals surface area contributed by atoms with E-state index in [2.05, 4.69) is 38.9 Å². The van der Waals surface area contributed by atoms with Crippen molar-refractivity contribution in [2.45, 2.75) is 32.4 Å². The van der Waals surface area contributed by atoms with Gasteiger partial charge in [-0.05, 0) is 44.0 Å². The molecule has 4 rings (SSSR count). The van der Waals surface area contributed by atoms with Gasteiger partial charge in [0.2, 0.25) is 0 Å². The van der Waals surface area contributed by atoms with Gasteiger partial charge in [-0.2, -0.15) is 10.2 Å². The van der Waals surface area contributed by atoms with Crippen LogP contribution in [0, 0.1) is 0 Å². The number of hydrogen-bond acceptors (Lipinski definition) is 4. The monoisotopic (exact) mass is 440 g/mol. The zero-order chi connectivity index (χ0) is 21.6. The van der Waals surface area contributed by atoms with Crippen LogP contribution >= 0.6 is 11.6 Å². The SMILES string of the molecule is CCNC(=NCc1cnn(-c2ccc(Cl)cc2)c1)NC1CCCN(c2cnn(C)c2)C1. The molecule has 0 radical (unpaired) electrons. The number of nitrogens with one attached hydrogen (secondary N) is 2. The molecule has 0 spiro atoms. The molecule has 1 unspecified atom stereocenters. The van der Waals surface area contributed by atoms with Gasteiger partial charge >= 0.3 is 0 Å². The number of nitrogens with zero attached hydrogens (tertiary/aromatic N) is 6. The highest BCUT2D eigenvalue weighted by Crippen LogP contribution is 2.19. The summed E-state index contributed by atoms with van der Waals surface area (Å²) in [5.74, 6) is 0.833. The fourth-order valence-corrected chi connectivity index (χ4v) is 3.89. The summed E-state index contributed by atoms with van der Waals surface area (Å²) in [6.45, 7) is 5.45. The van der Waals surface area contributed by atoms with Gasteiger partial charge in [-0.15, -0.1) is 0 Å². The molecule has 0 aliphatic carbocycles. The van der Waals surface area contributed by atoms with Crippen molar-refractivity contribution in [3.63, 3.8) is 0 Å². The molecule has 164 valence electrons. The Bertz CT molecular complexity index is 1010. The third-order valence-corrected chi connectivity index (χ3v) is 5.56.